The zero-order valence-corrected chi connectivity index (χ0v) is 12.7. The number of nitrogens with two attached hydrogens (primary N) is 1. The molecule has 0 aromatic heterocycles. The van der Waals surface area contributed by atoms with Gasteiger partial charge in [0, 0.05) is 17.0 Å². The van der Waals surface area contributed by atoms with Crippen molar-refractivity contribution in [1.29, 1.82) is 0 Å². The number of hydrogen-bond donors (Lipinski definition) is 1. The van der Waals surface area contributed by atoms with Gasteiger partial charge in [-0.1, -0.05) is 23.7 Å². The van der Waals surface area contributed by atoms with E-state index in [1.165, 1.54) is 6.08 Å². The minimum atomic E-state index is -3.76. The molecule has 0 spiro atoms. The van der Waals surface area contributed by atoms with E-state index >= 15 is 0 Å². The van der Waals surface area contributed by atoms with Crippen LogP contribution in [0.25, 0.3) is 6.08 Å². The number of hydrogen-bond acceptors (Lipinski definition) is 4. The standard InChI is InChI=1S/C13H15ClN2O4S/c14-11-3-1-2-10(8-11)4-7-21(18,19)16-5-6-20-9-12(16)13(15)17/h1-4,7-8,12H,5-6,9H2,(H2,15,17)/b7-4+. The van der Waals surface area contributed by atoms with E-state index in [2.05, 4.69) is 0 Å². The van der Waals surface area contributed by atoms with Crippen LogP contribution in [-0.2, 0) is 19.6 Å². The Bertz CT molecular complexity index is 660. The topological polar surface area (TPSA) is 89.7 Å². The number of rotatable bonds is 4. The van der Waals surface area contributed by atoms with E-state index in [0.717, 1.165) is 9.71 Å². The second-order valence-electron chi connectivity index (χ2n) is 4.51. The zero-order chi connectivity index (χ0) is 15.5. The van der Waals surface area contributed by atoms with Gasteiger partial charge in [0.15, 0.2) is 0 Å². The molecule has 8 heteroatoms. The number of benzene rings is 1. The van der Waals surface area contributed by atoms with Gasteiger partial charge < -0.3 is 10.5 Å². The van der Waals surface area contributed by atoms with E-state index in [0.29, 0.717) is 10.6 Å². The molecule has 1 unspecified atom stereocenters. The zero-order valence-electron chi connectivity index (χ0n) is 11.1. The van der Waals surface area contributed by atoms with E-state index < -0.39 is 22.0 Å². The molecule has 114 valence electrons. The third-order valence-corrected chi connectivity index (χ3v) is 4.82. The molecule has 2 rings (SSSR count). The smallest absolute Gasteiger partial charge is 0.238 e. The van der Waals surface area contributed by atoms with Crippen LogP contribution in [0.15, 0.2) is 29.7 Å². The summed E-state index contributed by atoms with van der Waals surface area (Å²) in [5.74, 6) is -0.727. The second-order valence-corrected chi connectivity index (χ2v) is 6.71. The molecule has 2 N–H and O–H groups in total. The molecule has 6 nitrogen and oxygen atoms in total. The van der Waals surface area contributed by atoms with Crippen LogP contribution >= 0.6 is 11.6 Å². The number of amides is 1. The fraction of sp³-hybridized carbons (Fsp3) is 0.308. The summed E-state index contributed by atoms with van der Waals surface area (Å²) in [7, 11) is -3.76. The first kappa shape index (κ1) is 16.0. The van der Waals surface area contributed by atoms with Crippen LogP contribution in [0.1, 0.15) is 5.56 Å². The molecule has 1 aromatic rings. The molecule has 1 saturated heterocycles. The van der Waals surface area contributed by atoms with Gasteiger partial charge >= 0.3 is 0 Å². The summed E-state index contributed by atoms with van der Waals surface area (Å²) in [5.41, 5.74) is 5.86. The van der Waals surface area contributed by atoms with Gasteiger partial charge in [-0.2, -0.15) is 4.31 Å². The number of nitrogens with zero attached hydrogens (tertiary/aromatic N) is 1. The lowest BCUT2D eigenvalue weighted by molar-refractivity contribution is -0.125. The van der Waals surface area contributed by atoms with Gasteiger partial charge in [-0.3, -0.25) is 4.79 Å². The highest BCUT2D eigenvalue weighted by Gasteiger charge is 2.34. The van der Waals surface area contributed by atoms with E-state index in [-0.39, 0.29) is 19.8 Å². The Morgan fingerprint density at radius 3 is 2.90 bits per heavy atom. The number of carbonyl (C=O) groups excluding carboxylic acids is 1. The molecule has 0 saturated carbocycles. The van der Waals surface area contributed by atoms with Crippen molar-refractivity contribution in [3.63, 3.8) is 0 Å². The van der Waals surface area contributed by atoms with Gasteiger partial charge in [0.1, 0.15) is 6.04 Å². The average Bonchev–Trinajstić information content (AvgIpc) is 2.45. The molecule has 1 aliphatic heterocycles. The Hall–Kier alpha value is -1.41. The molecular weight excluding hydrogens is 316 g/mol. The van der Waals surface area contributed by atoms with Gasteiger partial charge in [0.25, 0.3) is 0 Å². The lowest BCUT2D eigenvalue weighted by Gasteiger charge is -2.31. The molecule has 1 amide bonds. The van der Waals surface area contributed by atoms with Crippen molar-refractivity contribution in [3.8, 4) is 0 Å². The van der Waals surface area contributed by atoms with Crippen molar-refractivity contribution in [2.75, 3.05) is 19.8 Å². The van der Waals surface area contributed by atoms with Crippen molar-refractivity contribution in [1.82, 2.24) is 4.31 Å². The van der Waals surface area contributed by atoms with Crippen LogP contribution in [0.2, 0.25) is 5.02 Å². The molecule has 0 radical (unpaired) electrons. The van der Waals surface area contributed by atoms with Crippen LogP contribution in [0.3, 0.4) is 0 Å². The fourth-order valence-electron chi connectivity index (χ4n) is 1.97. The molecule has 1 atom stereocenters. The predicted octanol–water partition coefficient (Wildman–Crippen LogP) is 0.827. The normalized spacial score (nSPS) is 20.7. The highest BCUT2D eigenvalue weighted by Crippen LogP contribution is 2.16. The van der Waals surface area contributed by atoms with Crippen molar-refractivity contribution < 1.29 is 17.9 Å². The molecule has 0 bridgehead atoms. The minimum Gasteiger partial charge on any atom is -0.378 e. The summed E-state index contributed by atoms with van der Waals surface area (Å²) in [5, 5.41) is 1.55. The maximum atomic E-state index is 12.3. The third-order valence-electron chi connectivity index (χ3n) is 3.02. The highest BCUT2D eigenvalue weighted by molar-refractivity contribution is 7.92. The van der Waals surface area contributed by atoms with Gasteiger partial charge in [0.2, 0.25) is 15.9 Å². The Kier molecular flexibility index (Phi) is 5.00. The number of ether oxygens (including phenoxy) is 1. The second kappa shape index (κ2) is 6.57. The largest absolute Gasteiger partial charge is 0.378 e. The van der Waals surface area contributed by atoms with Crippen LogP contribution in [0.4, 0.5) is 0 Å². The maximum Gasteiger partial charge on any atom is 0.238 e. The average molecular weight is 331 g/mol. The minimum absolute atomic E-state index is 0.0282. The Labute approximate surface area is 128 Å². The lowest BCUT2D eigenvalue weighted by Crippen LogP contribution is -2.54. The first-order valence-corrected chi connectivity index (χ1v) is 8.11. The Balaban J connectivity index is 2.22. The number of carbonyl (C=O) groups is 1. The molecule has 1 heterocycles. The monoisotopic (exact) mass is 330 g/mol. The molecule has 0 aliphatic carbocycles. The van der Waals surface area contributed by atoms with Gasteiger partial charge in [0.05, 0.1) is 13.2 Å². The predicted molar refractivity (Wildman–Crippen MR) is 79.9 cm³/mol. The van der Waals surface area contributed by atoms with Crippen molar-refractivity contribution in [2.45, 2.75) is 6.04 Å². The summed E-state index contributed by atoms with van der Waals surface area (Å²) >= 11 is 5.84. The van der Waals surface area contributed by atoms with Crippen molar-refractivity contribution in [2.24, 2.45) is 5.73 Å². The molecular formula is C13H15ClN2O4S. The summed E-state index contributed by atoms with van der Waals surface area (Å²) in [6, 6.07) is 5.79. The van der Waals surface area contributed by atoms with Crippen LogP contribution in [0.5, 0.6) is 0 Å². The molecule has 1 aliphatic rings. The van der Waals surface area contributed by atoms with Crippen LogP contribution < -0.4 is 5.73 Å². The lowest BCUT2D eigenvalue weighted by atomic mass is 10.2. The van der Waals surface area contributed by atoms with Crippen molar-refractivity contribution >= 4 is 33.6 Å². The third kappa shape index (κ3) is 4.04. The van der Waals surface area contributed by atoms with Crippen LogP contribution in [-0.4, -0.2) is 44.4 Å². The summed E-state index contributed by atoms with van der Waals surface area (Å²) < 4.78 is 30.8. The number of morpholine rings is 1. The quantitative estimate of drug-likeness (QED) is 0.885. The van der Waals surface area contributed by atoms with Gasteiger partial charge in [-0.25, -0.2) is 8.42 Å². The fourth-order valence-corrected chi connectivity index (χ4v) is 3.50. The summed E-state index contributed by atoms with van der Waals surface area (Å²) in [6.45, 7) is 0.295. The van der Waals surface area contributed by atoms with Gasteiger partial charge in [-0.05, 0) is 23.8 Å². The SMILES string of the molecule is NC(=O)C1COCCN1S(=O)(=O)/C=C/c1cccc(Cl)c1. The molecule has 21 heavy (non-hydrogen) atoms. The van der Waals surface area contributed by atoms with Crippen molar-refractivity contribution in [3.05, 3.63) is 40.3 Å². The summed E-state index contributed by atoms with van der Waals surface area (Å²) in [4.78, 5) is 11.3. The Morgan fingerprint density at radius 2 is 2.24 bits per heavy atom. The first-order chi connectivity index (χ1) is 9.90. The van der Waals surface area contributed by atoms with Gasteiger partial charge in [-0.15, -0.1) is 0 Å². The Morgan fingerprint density at radius 1 is 1.48 bits per heavy atom. The van der Waals surface area contributed by atoms with E-state index in [1.807, 2.05) is 0 Å². The van der Waals surface area contributed by atoms with Crippen LogP contribution in [0, 0.1) is 0 Å². The number of sulfonamides is 1. The van der Waals surface area contributed by atoms with E-state index in [9.17, 15) is 13.2 Å². The number of primary amides is 1. The highest BCUT2D eigenvalue weighted by atomic mass is 35.5. The first-order valence-electron chi connectivity index (χ1n) is 6.23. The van der Waals surface area contributed by atoms with E-state index in [4.69, 9.17) is 22.1 Å². The van der Waals surface area contributed by atoms with E-state index in [1.54, 1.807) is 24.3 Å². The number of halogens is 1. The maximum absolute atomic E-state index is 12.3. The summed E-state index contributed by atoms with van der Waals surface area (Å²) in [6.07, 6.45) is 1.43. The molecule has 1 fully saturated rings. The molecule has 1 aromatic carbocycles.